The SMILES string of the molecule is CC(N)(CCCCSc1ncccc1Cl)C(N)=O. The molecule has 0 spiro atoms. The smallest absolute Gasteiger partial charge is 0.237 e. The average Bonchev–Trinajstić information content (AvgIpc) is 2.30. The van der Waals surface area contributed by atoms with Gasteiger partial charge >= 0.3 is 0 Å². The highest BCUT2D eigenvalue weighted by Gasteiger charge is 2.24. The van der Waals surface area contributed by atoms with Crippen molar-refractivity contribution in [1.29, 1.82) is 0 Å². The molecule has 4 N–H and O–H groups in total. The van der Waals surface area contributed by atoms with Crippen LogP contribution in [0.5, 0.6) is 0 Å². The van der Waals surface area contributed by atoms with E-state index >= 15 is 0 Å². The molecular formula is C12H18ClN3OS. The number of thioether (sulfide) groups is 1. The van der Waals surface area contributed by atoms with Gasteiger partial charge in [0.1, 0.15) is 5.03 Å². The fourth-order valence-electron chi connectivity index (χ4n) is 1.36. The lowest BCUT2D eigenvalue weighted by molar-refractivity contribution is -0.122. The maximum absolute atomic E-state index is 11.0. The lowest BCUT2D eigenvalue weighted by Crippen LogP contribution is -2.49. The third-order valence-electron chi connectivity index (χ3n) is 2.62. The minimum Gasteiger partial charge on any atom is -0.368 e. The van der Waals surface area contributed by atoms with Crippen molar-refractivity contribution in [2.45, 2.75) is 36.8 Å². The van der Waals surface area contributed by atoms with Gasteiger partial charge in [-0.25, -0.2) is 4.98 Å². The number of carbonyl (C=O) groups excluding carboxylic acids is 1. The highest BCUT2D eigenvalue weighted by Crippen LogP contribution is 2.25. The van der Waals surface area contributed by atoms with Crippen LogP contribution >= 0.6 is 23.4 Å². The molecule has 1 amide bonds. The fourth-order valence-corrected chi connectivity index (χ4v) is 2.53. The number of amides is 1. The molecule has 4 nitrogen and oxygen atoms in total. The number of aromatic nitrogens is 1. The Morgan fingerprint density at radius 2 is 2.28 bits per heavy atom. The molecule has 0 aliphatic carbocycles. The van der Waals surface area contributed by atoms with Crippen LogP contribution in [0.4, 0.5) is 0 Å². The van der Waals surface area contributed by atoms with Gasteiger partial charge in [-0.1, -0.05) is 18.0 Å². The summed E-state index contributed by atoms with van der Waals surface area (Å²) < 4.78 is 0. The Morgan fingerprint density at radius 1 is 1.56 bits per heavy atom. The number of primary amides is 1. The van der Waals surface area contributed by atoms with Crippen LogP contribution in [0.1, 0.15) is 26.2 Å². The van der Waals surface area contributed by atoms with E-state index in [9.17, 15) is 4.79 Å². The zero-order valence-corrected chi connectivity index (χ0v) is 11.9. The van der Waals surface area contributed by atoms with E-state index in [4.69, 9.17) is 23.1 Å². The van der Waals surface area contributed by atoms with E-state index in [-0.39, 0.29) is 0 Å². The largest absolute Gasteiger partial charge is 0.368 e. The Morgan fingerprint density at radius 3 is 2.89 bits per heavy atom. The quantitative estimate of drug-likeness (QED) is 0.595. The van der Waals surface area contributed by atoms with Gasteiger partial charge in [0.25, 0.3) is 0 Å². The van der Waals surface area contributed by atoms with Crippen molar-refractivity contribution in [2.24, 2.45) is 11.5 Å². The van der Waals surface area contributed by atoms with Gasteiger partial charge in [0.2, 0.25) is 5.91 Å². The van der Waals surface area contributed by atoms with E-state index in [1.54, 1.807) is 30.9 Å². The van der Waals surface area contributed by atoms with Crippen LogP contribution in [0.2, 0.25) is 5.02 Å². The molecule has 1 aromatic rings. The highest BCUT2D eigenvalue weighted by molar-refractivity contribution is 7.99. The first kappa shape index (κ1) is 15.3. The summed E-state index contributed by atoms with van der Waals surface area (Å²) in [4.78, 5) is 15.2. The zero-order valence-electron chi connectivity index (χ0n) is 10.4. The second kappa shape index (κ2) is 6.97. The van der Waals surface area contributed by atoms with Crippen LogP contribution in [0.15, 0.2) is 23.4 Å². The van der Waals surface area contributed by atoms with Crippen molar-refractivity contribution in [2.75, 3.05) is 5.75 Å². The third kappa shape index (κ3) is 4.84. The van der Waals surface area contributed by atoms with Gasteiger partial charge in [0.05, 0.1) is 10.6 Å². The zero-order chi connectivity index (χ0) is 13.6. The van der Waals surface area contributed by atoms with E-state index in [1.165, 1.54) is 0 Å². The molecule has 0 fully saturated rings. The molecule has 100 valence electrons. The van der Waals surface area contributed by atoms with Crippen LogP contribution in [-0.4, -0.2) is 22.2 Å². The lowest BCUT2D eigenvalue weighted by atomic mass is 9.96. The van der Waals surface area contributed by atoms with Gasteiger partial charge in [-0.05, 0) is 37.7 Å². The normalized spacial score (nSPS) is 14.2. The highest BCUT2D eigenvalue weighted by atomic mass is 35.5. The Balaban J connectivity index is 2.24. The molecule has 0 radical (unpaired) electrons. The average molecular weight is 288 g/mol. The van der Waals surface area contributed by atoms with E-state index in [1.807, 2.05) is 6.07 Å². The monoisotopic (exact) mass is 287 g/mol. The first-order chi connectivity index (χ1) is 8.43. The maximum Gasteiger partial charge on any atom is 0.237 e. The minimum absolute atomic E-state index is 0.456. The summed E-state index contributed by atoms with van der Waals surface area (Å²) in [5.74, 6) is 0.439. The number of carbonyl (C=O) groups is 1. The Kier molecular flexibility index (Phi) is 5.91. The Bertz CT molecular complexity index is 412. The van der Waals surface area contributed by atoms with Crippen molar-refractivity contribution in [3.8, 4) is 0 Å². The van der Waals surface area contributed by atoms with Crippen LogP contribution in [-0.2, 0) is 4.79 Å². The fraction of sp³-hybridized carbons (Fsp3) is 0.500. The molecular weight excluding hydrogens is 270 g/mol. The van der Waals surface area contributed by atoms with E-state index in [0.717, 1.165) is 23.6 Å². The summed E-state index contributed by atoms with van der Waals surface area (Å²) in [6.07, 6.45) is 4.11. The van der Waals surface area contributed by atoms with Gasteiger partial charge in [0, 0.05) is 6.20 Å². The number of hydrogen-bond acceptors (Lipinski definition) is 4. The molecule has 1 atom stereocenters. The summed E-state index contributed by atoms with van der Waals surface area (Å²) in [5, 5.41) is 1.51. The van der Waals surface area contributed by atoms with Crippen molar-refractivity contribution in [3.63, 3.8) is 0 Å². The third-order valence-corrected chi connectivity index (χ3v) is 4.13. The number of nitrogens with zero attached hydrogens (tertiary/aromatic N) is 1. The number of nitrogens with two attached hydrogens (primary N) is 2. The van der Waals surface area contributed by atoms with Gasteiger partial charge in [-0.3, -0.25) is 4.79 Å². The van der Waals surface area contributed by atoms with Gasteiger partial charge in [0.15, 0.2) is 0 Å². The van der Waals surface area contributed by atoms with Crippen molar-refractivity contribution < 1.29 is 4.79 Å². The molecule has 6 heteroatoms. The second-order valence-corrected chi connectivity index (χ2v) is 5.87. The standard InChI is InChI=1S/C12H18ClN3OS/c1-12(15,11(14)17)6-2-3-8-18-10-9(13)5-4-7-16-10/h4-5,7H,2-3,6,8,15H2,1H3,(H2,14,17). The number of halogens is 1. The van der Waals surface area contributed by atoms with Gasteiger partial charge < -0.3 is 11.5 Å². The second-order valence-electron chi connectivity index (χ2n) is 4.38. The van der Waals surface area contributed by atoms with Crippen molar-refractivity contribution in [3.05, 3.63) is 23.4 Å². The van der Waals surface area contributed by atoms with Crippen molar-refractivity contribution >= 4 is 29.3 Å². The number of rotatable bonds is 7. The molecule has 0 saturated heterocycles. The first-order valence-electron chi connectivity index (χ1n) is 5.75. The number of hydrogen-bond donors (Lipinski definition) is 2. The lowest BCUT2D eigenvalue weighted by Gasteiger charge is -2.19. The minimum atomic E-state index is -0.909. The van der Waals surface area contributed by atoms with E-state index in [2.05, 4.69) is 4.98 Å². The molecule has 0 aliphatic rings. The summed E-state index contributed by atoms with van der Waals surface area (Å²) in [7, 11) is 0. The van der Waals surface area contributed by atoms with Crippen molar-refractivity contribution in [1.82, 2.24) is 4.98 Å². The molecule has 1 aromatic heterocycles. The number of pyridine rings is 1. The topological polar surface area (TPSA) is 82.0 Å². The molecule has 0 aromatic carbocycles. The Hall–Kier alpha value is -0.780. The molecule has 1 rings (SSSR count). The summed E-state index contributed by atoms with van der Waals surface area (Å²) in [6, 6.07) is 3.63. The van der Waals surface area contributed by atoms with Crippen LogP contribution < -0.4 is 11.5 Å². The van der Waals surface area contributed by atoms with Crippen LogP contribution in [0.3, 0.4) is 0 Å². The van der Waals surface area contributed by atoms with Crippen LogP contribution in [0, 0.1) is 0 Å². The molecule has 0 saturated carbocycles. The first-order valence-corrected chi connectivity index (χ1v) is 7.12. The molecule has 0 aliphatic heterocycles. The molecule has 0 bridgehead atoms. The summed E-state index contributed by atoms with van der Waals surface area (Å²) in [5.41, 5.74) is 10.1. The number of unbranched alkanes of at least 4 members (excludes halogenated alkanes) is 1. The summed E-state index contributed by atoms with van der Waals surface area (Å²) >= 11 is 7.59. The maximum atomic E-state index is 11.0. The van der Waals surface area contributed by atoms with Gasteiger partial charge in [-0.15, -0.1) is 11.8 Å². The van der Waals surface area contributed by atoms with Crippen LogP contribution in [0.25, 0.3) is 0 Å². The molecule has 1 unspecified atom stereocenters. The molecule has 1 heterocycles. The van der Waals surface area contributed by atoms with Gasteiger partial charge in [-0.2, -0.15) is 0 Å². The van der Waals surface area contributed by atoms with E-state index in [0.29, 0.717) is 11.4 Å². The van der Waals surface area contributed by atoms with E-state index < -0.39 is 11.4 Å². The Labute approximate surface area is 116 Å². The predicted molar refractivity (Wildman–Crippen MR) is 75.6 cm³/mol. The molecule has 18 heavy (non-hydrogen) atoms. The predicted octanol–water partition coefficient (Wildman–Crippen LogP) is 2.20. The summed E-state index contributed by atoms with van der Waals surface area (Å²) in [6.45, 7) is 1.66.